The van der Waals surface area contributed by atoms with Crippen LogP contribution in [0, 0.1) is 0 Å². The Morgan fingerprint density at radius 3 is 0.397 bits per heavy atom. The molecule has 0 aliphatic carbocycles. The molecule has 0 aromatic carbocycles. The summed E-state index contributed by atoms with van der Waals surface area (Å²) in [5.41, 5.74) is 0. The summed E-state index contributed by atoms with van der Waals surface area (Å²) in [5.74, 6) is -148. The molecule has 0 heterocycles. The number of carbonyl (C=O) groups is 2. The molecule has 0 aromatic heterocycles. The summed E-state index contributed by atoms with van der Waals surface area (Å²) in [7, 11) is 0. The maximum Gasteiger partial charge on any atom is 2.00 e. The first-order chi connectivity index (χ1) is 25.9. The van der Waals surface area contributed by atoms with Crippen LogP contribution in [-0.4, -0.2) is 142 Å². The molecule has 0 aliphatic rings. The second-order valence-electron chi connectivity index (χ2n) is 10.8. The smallest absolute Gasteiger partial charge is 0.544 e. The number of carboxylic acids is 2. The van der Waals surface area contributed by atoms with Gasteiger partial charge in [0.05, 0.1) is 0 Å². The van der Waals surface area contributed by atoms with Crippen molar-refractivity contribution in [3.05, 3.63) is 0 Å². The van der Waals surface area contributed by atoms with Gasteiger partial charge in [0.15, 0.2) is 0 Å². The van der Waals surface area contributed by atoms with Crippen molar-refractivity contribution < 1.29 is 187 Å². The Hall–Kier alpha value is -2.95. The van der Waals surface area contributed by atoms with E-state index in [4.69, 9.17) is 0 Å². The maximum atomic E-state index is 13.1. The van der Waals surface area contributed by atoms with Gasteiger partial charge in [0.2, 0.25) is 0 Å². The zero-order valence-electron chi connectivity index (χ0n) is 26.7. The van der Waals surface area contributed by atoms with E-state index < -0.39 is 119 Å². The van der Waals surface area contributed by atoms with Gasteiger partial charge in [-0.05, 0) is 0 Å². The quantitative estimate of drug-likeness (QED) is 0.115. The predicted octanol–water partition coefficient (Wildman–Crippen LogP) is 8.38. The van der Waals surface area contributed by atoms with Crippen LogP contribution in [0.4, 0.5) is 167 Å². The molecule has 0 fully saturated rings. The van der Waals surface area contributed by atoms with Gasteiger partial charge in [-0.3, -0.25) is 0 Å². The van der Waals surface area contributed by atoms with Crippen LogP contribution in [0.3, 0.4) is 0 Å². The summed E-state index contributed by atoms with van der Waals surface area (Å²) < 4.78 is 483. The Bertz CT molecular complexity index is 1530. The summed E-state index contributed by atoms with van der Waals surface area (Å²) in [4.78, 5) is 19.4. The number of aliphatic carboxylic acids is 2. The van der Waals surface area contributed by atoms with Crippen molar-refractivity contribution in [3.8, 4) is 0 Å². The average Bonchev–Trinajstić information content (AvgIpc) is 3.02. The molecule has 0 radical (unpaired) electrons. The second kappa shape index (κ2) is 16.1. The van der Waals surface area contributed by atoms with Gasteiger partial charge in [0, 0.05) is 0 Å². The molecule has 4 nitrogen and oxygen atoms in total. The molecule has 0 amide bonds. The van der Waals surface area contributed by atoms with Gasteiger partial charge in [-0.15, -0.1) is 0 Å². The first kappa shape index (κ1) is 64.3. The van der Waals surface area contributed by atoms with Gasteiger partial charge in [-0.25, -0.2) is 0 Å². The topological polar surface area (TPSA) is 80.3 Å². The monoisotopic (exact) mass is 1050 g/mol. The summed E-state index contributed by atoms with van der Waals surface area (Å²) in [6.07, 6.45) is -15.9. The molecule has 372 valence electrons. The molecule has 63 heavy (non-hydrogen) atoms. The van der Waals surface area contributed by atoms with Crippen LogP contribution in [0.25, 0.3) is 0 Å². The first-order valence-corrected chi connectivity index (χ1v) is 12.5. The van der Waals surface area contributed by atoms with Crippen molar-refractivity contribution in [1.29, 1.82) is 0 Å². The number of hydrogen-bond donors (Lipinski definition) is 0. The van der Waals surface area contributed by atoms with Crippen LogP contribution in [0.1, 0.15) is 0 Å². The summed E-state index contributed by atoms with van der Waals surface area (Å²) in [6, 6.07) is 0. The number of hydrogen-bond acceptors (Lipinski definition) is 4. The minimum atomic E-state index is -9.08. The molecule has 0 saturated heterocycles. The van der Waals surface area contributed by atoms with Crippen LogP contribution in [0.2, 0.25) is 0 Å². The first-order valence-electron chi connectivity index (χ1n) is 12.5. The van der Waals surface area contributed by atoms with E-state index >= 15 is 0 Å². The molecule has 0 atom stereocenters. The zero-order valence-corrected chi connectivity index (χ0v) is 28.1. The van der Waals surface area contributed by atoms with Gasteiger partial charge in [-0.1, -0.05) is 0 Å². The van der Waals surface area contributed by atoms with E-state index in [0.29, 0.717) is 0 Å². The fourth-order valence-corrected chi connectivity index (χ4v) is 2.98. The van der Waals surface area contributed by atoms with Crippen molar-refractivity contribution >= 4 is 35.0 Å². The van der Waals surface area contributed by atoms with E-state index in [2.05, 4.69) is 0 Å². The summed E-state index contributed by atoms with van der Waals surface area (Å²) in [5, 5.41) is 19.4. The van der Waals surface area contributed by atoms with Crippen LogP contribution < -0.4 is 10.2 Å². The van der Waals surface area contributed by atoms with E-state index in [9.17, 15) is 187 Å². The van der Waals surface area contributed by atoms with Gasteiger partial charge in [0.25, 0.3) is 0 Å². The van der Waals surface area contributed by atoms with Crippen molar-refractivity contribution in [3.63, 3.8) is 0 Å². The van der Waals surface area contributed by atoms with Crippen LogP contribution >= 0.6 is 0 Å². The number of alkyl halides is 38. The molecular formula is C20F38MgO4. The zero-order chi connectivity index (χ0) is 52.2. The number of carboxylic acid groups (broad SMARTS) is 2. The fraction of sp³-hybridized carbons (Fsp3) is 0.900. The van der Waals surface area contributed by atoms with Gasteiger partial charge < -0.3 is 19.8 Å². The predicted molar refractivity (Wildman–Crippen MR) is 107 cm³/mol. The largest absolute Gasteiger partial charge is 2.00 e. The SMILES string of the molecule is O=C([O-])C(F)(F)C(F)(F)C(F)(F)C(F)(F)C(F)(F)C(F)(F)C(F)(F)C(F)(F)C(F)(F)F.O=C([O-])C(F)(F)C(F)(F)C(F)(F)C(F)(F)C(F)(F)C(F)(F)C(F)(F)C(F)(F)C(F)(F)F.[Mg+2]. The molecular weight excluding hydrogens is 1050 g/mol. The summed E-state index contributed by atoms with van der Waals surface area (Å²) in [6.45, 7) is 0. The van der Waals surface area contributed by atoms with Gasteiger partial charge in [0.1, 0.15) is 11.9 Å². The Kier molecular flexibility index (Phi) is 16.5. The molecule has 0 unspecified atom stereocenters. The molecule has 0 rings (SSSR count). The number of halogens is 38. The van der Waals surface area contributed by atoms with Crippen molar-refractivity contribution in [2.45, 2.75) is 107 Å². The fourth-order valence-electron chi connectivity index (χ4n) is 2.98. The van der Waals surface area contributed by atoms with Gasteiger partial charge in [-0.2, -0.15) is 167 Å². The molecule has 0 aromatic rings. The van der Waals surface area contributed by atoms with Crippen molar-refractivity contribution in [2.24, 2.45) is 0 Å². The van der Waals surface area contributed by atoms with E-state index in [1.54, 1.807) is 0 Å². The normalized spacial score (nSPS) is 16.2. The molecule has 0 saturated carbocycles. The molecule has 0 N–H and O–H groups in total. The molecule has 0 bridgehead atoms. The van der Waals surface area contributed by atoms with Gasteiger partial charge >= 0.3 is 130 Å². The summed E-state index contributed by atoms with van der Waals surface area (Å²) >= 11 is 0. The van der Waals surface area contributed by atoms with Crippen LogP contribution in [-0.2, 0) is 9.59 Å². The Morgan fingerprint density at radius 2 is 0.302 bits per heavy atom. The average molecular weight is 1050 g/mol. The van der Waals surface area contributed by atoms with E-state index in [0.717, 1.165) is 0 Å². The Morgan fingerprint density at radius 1 is 0.206 bits per heavy atom. The number of rotatable bonds is 16. The number of carbonyl (C=O) groups excluding carboxylic acids is 2. The van der Waals surface area contributed by atoms with E-state index in [1.807, 2.05) is 0 Å². The molecule has 0 spiro atoms. The van der Waals surface area contributed by atoms with E-state index in [1.165, 1.54) is 0 Å². The standard InChI is InChI=1S/2C10HF19O2.Mg/c2*11-2(12,1(30)31)3(13,14)4(15,16)5(17,18)6(19,20)7(21,22)8(23,24)9(25,26)10(27,28)29;/h2*(H,30,31);/q;;+2/p-2. The third kappa shape index (κ3) is 8.20. The Balaban J connectivity index is -0.00000112. The van der Waals surface area contributed by atoms with Crippen molar-refractivity contribution in [2.75, 3.05) is 0 Å². The molecule has 0 aliphatic heterocycles. The second-order valence-corrected chi connectivity index (χ2v) is 10.8. The minimum Gasteiger partial charge on any atom is -0.544 e. The Labute approximate surface area is 329 Å². The maximum absolute atomic E-state index is 13.1. The van der Waals surface area contributed by atoms with Crippen LogP contribution in [0.15, 0.2) is 0 Å². The molecule has 43 heteroatoms. The third-order valence-corrected chi connectivity index (χ3v) is 6.75. The van der Waals surface area contributed by atoms with Crippen molar-refractivity contribution in [1.82, 2.24) is 0 Å². The third-order valence-electron chi connectivity index (χ3n) is 6.75. The van der Waals surface area contributed by atoms with E-state index in [-0.39, 0.29) is 23.1 Å². The minimum absolute atomic E-state index is 0. The van der Waals surface area contributed by atoms with Crippen LogP contribution in [0.5, 0.6) is 0 Å².